The molecular weight excluding hydrogens is 248 g/mol. The van der Waals surface area contributed by atoms with Gasteiger partial charge >= 0.3 is 0 Å². The molecule has 1 atom stereocenters. The van der Waals surface area contributed by atoms with Gasteiger partial charge in [-0.2, -0.15) is 0 Å². The highest BCUT2D eigenvalue weighted by molar-refractivity contribution is 6.14. The lowest BCUT2D eigenvalue weighted by Crippen LogP contribution is -2.38. The molecule has 0 aromatic heterocycles. The monoisotopic (exact) mass is 272 g/mol. The fourth-order valence-corrected chi connectivity index (χ4v) is 2.92. The molecule has 0 aliphatic carbocycles. The van der Waals surface area contributed by atoms with Gasteiger partial charge < -0.3 is 5.73 Å². The molecule has 0 saturated heterocycles. The molecule has 1 amide bonds. The largest absolute Gasteiger partial charge is 0.369 e. The second-order valence-corrected chi connectivity index (χ2v) is 6.73. The van der Waals surface area contributed by atoms with Crippen molar-refractivity contribution in [1.29, 1.82) is 0 Å². The first-order chi connectivity index (χ1) is 9.30. The van der Waals surface area contributed by atoms with E-state index in [9.17, 15) is 4.79 Å². The van der Waals surface area contributed by atoms with E-state index in [0.29, 0.717) is 5.92 Å². The summed E-state index contributed by atoms with van der Waals surface area (Å²) in [6, 6.07) is 8.22. The summed E-state index contributed by atoms with van der Waals surface area (Å²) in [5.41, 5.74) is 8.70. The van der Waals surface area contributed by atoms with Gasteiger partial charge in [-0.15, -0.1) is 0 Å². The quantitative estimate of drug-likeness (QED) is 0.900. The Morgan fingerprint density at radius 3 is 2.60 bits per heavy atom. The summed E-state index contributed by atoms with van der Waals surface area (Å²) in [6.45, 7) is 8.43. The molecule has 108 valence electrons. The lowest BCUT2D eigenvalue weighted by Gasteiger charge is -2.32. The number of hydrogen-bond donors (Lipinski definition) is 1. The Balaban J connectivity index is 2.50. The van der Waals surface area contributed by atoms with Crippen molar-refractivity contribution in [3.63, 3.8) is 0 Å². The highest BCUT2D eigenvalue weighted by Crippen LogP contribution is 2.31. The first-order valence-corrected chi connectivity index (χ1v) is 7.27. The maximum atomic E-state index is 11.9. The molecule has 0 unspecified atom stereocenters. The Morgan fingerprint density at radius 2 is 2.00 bits per heavy atom. The van der Waals surface area contributed by atoms with Gasteiger partial charge in [0.05, 0.1) is 17.2 Å². The van der Waals surface area contributed by atoms with Crippen molar-refractivity contribution >= 4 is 11.6 Å². The van der Waals surface area contributed by atoms with Crippen molar-refractivity contribution < 1.29 is 4.79 Å². The van der Waals surface area contributed by atoms with E-state index in [2.05, 4.69) is 39.8 Å². The third-order valence-corrected chi connectivity index (χ3v) is 3.72. The fourth-order valence-electron chi connectivity index (χ4n) is 2.92. The summed E-state index contributed by atoms with van der Waals surface area (Å²) < 4.78 is 0. The molecule has 2 rings (SSSR count). The van der Waals surface area contributed by atoms with E-state index in [1.54, 1.807) is 0 Å². The van der Waals surface area contributed by atoms with Crippen LogP contribution in [0.2, 0.25) is 0 Å². The van der Waals surface area contributed by atoms with Crippen molar-refractivity contribution in [3.05, 3.63) is 35.4 Å². The Bertz CT molecular complexity index is 544. The van der Waals surface area contributed by atoms with Crippen LogP contribution < -0.4 is 5.73 Å². The van der Waals surface area contributed by atoms with Gasteiger partial charge in [0.25, 0.3) is 0 Å². The maximum absolute atomic E-state index is 11.9. The van der Waals surface area contributed by atoms with E-state index < -0.39 is 0 Å². The van der Waals surface area contributed by atoms with Gasteiger partial charge in [0, 0.05) is 0 Å². The second-order valence-electron chi connectivity index (χ2n) is 6.73. The van der Waals surface area contributed by atoms with E-state index in [1.165, 1.54) is 5.56 Å². The lowest BCUT2D eigenvalue weighted by atomic mass is 9.80. The van der Waals surface area contributed by atoms with Crippen molar-refractivity contribution in [3.8, 4) is 0 Å². The number of benzene rings is 1. The fraction of sp³-hybridized carbons (Fsp3) is 0.529. The molecule has 1 aromatic rings. The number of amides is 1. The number of carbonyl (C=O) groups is 1. The second kappa shape index (κ2) is 5.39. The molecule has 1 aromatic carbocycles. The summed E-state index contributed by atoms with van der Waals surface area (Å²) in [5.74, 6) is -0.159. The number of fused-ring (bicyclic) bond motifs is 1. The minimum atomic E-state index is -0.296. The standard InChI is InChI=1S/C17H24N2O/c1-11(2)9-14(16(18)20)15-13-8-6-5-7-12(13)10-17(3,4)19-15/h5-8,11,14H,9-10H2,1-4H3,(H2,18,20)/t14-/m0/s1. The molecule has 20 heavy (non-hydrogen) atoms. The molecule has 0 radical (unpaired) electrons. The zero-order chi connectivity index (χ0) is 14.9. The number of hydrogen-bond acceptors (Lipinski definition) is 2. The molecule has 2 N–H and O–H groups in total. The van der Waals surface area contributed by atoms with Crippen LogP contribution in [-0.2, 0) is 11.2 Å². The van der Waals surface area contributed by atoms with Gasteiger partial charge in [0.2, 0.25) is 5.91 Å². The van der Waals surface area contributed by atoms with E-state index in [1.807, 2.05) is 12.1 Å². The molecule has 1 aliphatic rings. The number of nitrogens with two attached hydrogens (primary N) is 1. The van der Waals surface area contributed by atoms with Crippen molar-refractivity contribution in [1.82, 2.24) is 0 Å². The molecule has 0 spiro atoms. The molecule has 0 fully saturated rings. The summed E-state index contributed by atoms with van der Waals surface area (Å²) in [5, 5.41) is 0. The highest BCUT2D eigenvalue weighted by Gasteiger charge is 2.32. The lowest BCUT2D eigenvalue weighted by molar-refractivity contribution is -0.120. The van der Waals surface area contributed by atoms with Crippen LogP contribution in [0.1, 0.15) is 45.2 Å². The minimum absolute atomic E-state index is 0.172. The van der Waals surface area contributed by atoms with E-state index >= 15 is 0 Å². The highest BCUT2D eigenvalue weighted by atomic mass is 16.1. The molecule has 3 heteroatoms. The van der Waals surface area contributed by atoms with Crippen LogP contribution in [0.4, 0.5) is 0 Å². The van der Waals surface area contributed by atoms with Gasteiger partial charge in [-0.05, 0) is 43.7 Å². The molecule has 0 bridgehead atoms. The first kappa shape index (κ1) is 14.8. The number of primary amides is 1. The van der Waals surface area contributed by atoms with Crippen molar-refractivity contribution in [2.45, 2.75) is 46.1 Å². The molecule has 3 nitrogen and oxygen atoms in total. The Hall–Kier alpha value is -1.64. The van der Waals surface area contributed by atoms with Gasteiger partial charge in [-0.25, -0.2) is 0 Å². The maximum Gasteiger partial charge on any atom is 0.226 e. The summed E-state index contributed by atoms with van der Waals surface area (Å²) in [6.07, 6.45) is 1.65. The van der Waals surface area contributed by atoms with Crippen LogP contribution >= 0.6 is 0 Å². The van der Waals surface area contributed by atoms with Gasteiger partial charge in [-0.1, -0.05) is 38.1 Å². The van der Waals surface area contributed by atoms with Crippen molar-refractivity contribution in [2.24, 2.45) is 22.6 Å². The Kier molecular flexibility index (Phi) is 3.98. The topological polar surface area (TPSA) is 55.5 Å². The minimum Gasteiger partial charge on any atom is -0.369 e. The Morgan fingerprint density at radius 1 is 1.35 bits per heavy atom. The van der Waals surface area contributed by atoms with Crippen LogP contribution in [0.15, 0.2) is 29.3 Å². The van der Waals surface area contributed by atoms with Crippen LogP contribution in [0, 0.1) is 11.8 Å². The average molecular weight is 272 g/mol. The summed E-state index contributed by atoms with van der Waals surface area (Å²) in [4.78, 5) is 16.7. The molecule has 1 aliphatic heterocycles. The number of rotatable bonds is 4. The zero-order valence-corrected chi connectivity index (χ0v) is 12.8. The van der Waals surface area contributed by atoms with E-state index in [4.69, 9.17) is 10.7 Å². The number of carbonyl (C=O) groups excluding carboxylic acids is 1. The van der Waals surface area contributed by atoms with Crippen LogP contribution in [0.5, 0.6) is 0 Å². The van der Waals surface area contributed by atoms with Gasteiger partial charge in [-0.3, -0.25) is 9.79 Å². The summed E-state index contributed by atoms with van der Waals surface area (Å²) in [7, 11) is 0. The zero-order valence-electron chi connectivity index (χ0n) is 12.8. The van der Waals surface area contributed by atoms with Gasteiger partial charge in [0.15, 0.2) is 0 Å². The smallest absolute Gasteiger partial charge is 0.226 e. The molecule has 0 saturated carbocycles. The van der Waals surface area contributed by atoms with E-state index in [-0.39, 0.29) is 17.4 Å². The Labute approximate surface area is 121 Å². The third kappa shape index (κ3) is 3.09. The third-order valence-electron chi connectivity index (χ3n) is 3.72. The predicted molar refractivity (Wildman–Crippen MR) is 82.9 cm³/mol. The van der Waals surface area contributed by atoms with Crippen molar-refractivity contribution in [2.75, 3.05) is 0 Å². The number of nitrogens with zero attached hydrogens (tertiary/aromatic N) is 1. The van der Waals surface area contributed by atoms with E-state index in [0.717, 1.165) is 24.1 Å². The average Bonchev–Trinajstić information content (AvgIpc) is 2.33. The molecule has 1 heterocycles. The molecular formula is C17H24N2O. The van der Waals surface area contributed by atoms with Crippen LogP contribution in [0.3, 0.4) is 0 Å². The van der Waals surface area contributed by atoms with Crippen LogP contribution in [0.25, 0.3) is 0 Å². The number of aliphatic imine (C=N–C) groups is 1. The predicted octanol–water partition coefficient (Wildman–Crippen LogP) is 2.96. The van der Waals surface area contributed by atoms with Gasteiger partial charge in [0.1, 0.15) is 0 Å². The van der Waals surface area contributed by atoms with Crippen LogP contribution in [-0.4, -0.2) is 17.2 Å². The SMILES string of the molecule is CC(C)C[C@H](C(N)=O)C1=NC(C)(C)Cc2ccccc21. The summed E-state index contributed by atoms with van der Waals surface area (Å²) >= 11 is 0. The first-order valence-electron chi connectivity index (χ1n) is 7.27. The normalized spacial score (nSPS) is 18.4.